The number of hydrogen-bond acceptors (Lipinski definition) is 0. The monoisotopic (exact) mass is 612 g/mol. The van der Waals surface area contributed by atoms with Crippen LogP contribution >= 0.6 is 0 Å². The minimum atomic E-state index is -2.16. The van der Waals surface area contributed by atoms with Crippen LogP contribution in [0.4, 0.5) is 0 Å². The summed E-state index contributed by atoms with van der Waals surface area (Å²) in [5.74, 6) is 0. The molecule has 2 heteroatoms. The minimum Gasteiger partial charge on any atom is -0.158 e. The van der Waals surface area contributed by atoms with Gasteiger partial charge in [0.05, 0.1) is 0 Å². The summed E-state index contributed by atoms with van der Waals surface area (Å²) < 4.78 is 0. The molecule has 6 aromatic rings. The van der Waals surface area contributed by atoms with Crippen LogP contribution in [0.25, 0.3) is 43.8 Å². The van der Waals surface area contributed by atoms with E-state index in [1.54, 1.807) is 10.4 Å². The zero-order valence-electron chi connectivity index (χ0n) is 24.7. The van der Waals surface area contributed by atoms with Gasteiger partial charge in [-0.25, -0.2) is 0 Å². The quantitative estimate of drug-likeness (QED) is 0.130. The van der Waals surface area contributed by atoms with E-state index in [1.165, 1.54) is 66.1 Å². The molecule has 0 aromatic heterocycles. The second kappa shape index (κ2) is 11.2. The number of aryl methyl sites for hydroxylation is 4. The molecule has 198 valence electrons. The molecule has 0 radical (unpaired) electrons. The van der Waals surface area contributed by atoms with Gasteiger partial charge in [-0.3, -0.25) is 0 Å². The maximum absolute atomic E-state index is 2.60. The molecular formula is C38H38SiZr. The van der Waals surface area contributed by atoms with Crippen LogP contribution in [0.5, 0.6) is 0 Å². The van der Waals surface area contributed by atoms with Gasteiger partial charge in [0.25, 0.3) is 0 Å². The van der Waals surface area contributed by atoms with Gasteiger partial charge >= 0.3 is 26.2 Å². The van der Waals surface area contributed by atoms with Crippen LogP contribution in [0, 0.1) is 13.8 Å². The second-order valence-electron chi connectivity index (χ2n) is 11.7. The van der Waals surface area contributed by atoms with Crippen LogP contribution < -0.4 is 10.4 Å². The van der Waals surface area contributed by atoms with Crippen molar-refractivity contribution in [1.29, 1.82) is 0 Å². The first-order valence-corrected chi connectivity index (χ1v) is 17.4. The molecule has 0 heterocycles. The third-order valence-electron chi connectivity index (χ3n) is 8.73. The predicted octanol–water partition coefficient (Wildman–Crippen LogP) is 9.33. The molecule has 0 fully saturated rings. The summed E-state index contributed by atoms with van der Waals surface area (Å²) in [7, 11) is -2.16. The van der Waals surface area contributed by atoms with Crippen molar-refractivity contribution in [3.63, 3.8) is 0 Å². The molecule has 0 N–H and O–H groups in total. The van der Waals surface area contributed by atoms with E-state index in [4.69, 9.17) is 0 Å². The summed E-state index contributed by atoms with van der Waals surface area (Å²) in [5.41, 5.74) is 11.0. The second-order valence-corrected chi connectivity index (χ2v) is 15.9. The van der Waals surface area contributed by atoms with Gasteiger partial charge in [-0.05, 0) is 37.8 Å². The maximum atomic E-state index is 2.60. The van der Waals surface area contributed by atoms with Crippen molar-refractivity contribution in [2.24, 2.45) is 0 Å². The van der Waals surface area contributed by atoms with Crippen LogP contribution in [0.1, 0.15) is 36.1 Å². The van der Waals surface area contributed by atoms with E-state index < -0.39 is 8.07 Å². The molecule has 0 spiro atoms. The number of rotatable bonds is 6. The van der Waals surface area contributed by atoms with Gasteiger partial charge in [0, 0.05) is 8.07 Å². The fourth-order valence-electron chi connectivity index (χ4n) is 6.84. The molecule has 0 amide bonds. The van der Waals surface area contributed by atoms with Gasteiger partial charge in [0.1, 0.15) is 0 Å². The van der Waals surface area contributed by atoms with E-state index in [-0.39, 0.29) is 26.2 Å². The Morgan fingerprint density at radius 1 is 0.550 bits per heavy atom. The third-order valence-corrected chi connectivity index (χ3v) is 12.4. The van der Waals surface area contributed by atoms with E-state index >= 15 is 0 Å². The van der Waals surface area contributed by atoms with E-state index in [1.807, 2.05) is 0 Å². The van der Waals surface area contributed by atoms with Crippen molar-refractivity contribution in [3.8, 4) is 22.3 Å². The first kappa shape index (κ1) is 28.7. The van der Waals surface area contributed by atoms with Gasteiger partial charge < -0.3 is 0 Å². The van der Waals surface area contributed by atoms with Crippen LogP contribution in [-0.2, 0) is 39.0 Å². The maximum Gasteiger partial charge on any atom is 2.00 e. The molecule has 0 aliphatic heterocycles. The van der Waals surface area contributed by atoms with Crippen molar-refractivity contribution in [3.05, 3.63) is 119 Å². The van der Waals surface area contributed by atoms with E-state index in [0.717, 1.165) is 12.8 Å². The van der Waals surface area contributed by atoms with Crippen molar-refractivity contribution >= 4 is 40.0 Å². The smallest absolute Gasteiger partial charge is 0.158 e. The van der Waals surface area contributed by atoms with Crippen LogP contribution in [-0.4, -0.2) is 8.07 Å². The van der Waals surface area contributed by atoms with Crippen molar-refractivity contribution in [2.75, 3.05) is 0 Å². The molecule has 0 aliphatic carbocycles. The summed E-state index contributed by atoms with van der Waals surface area (Å²) in [6, 6.07) is 36.9. The molecule has 40 heavy (non-hydrogen) atoms. The standard InChI is InChI=1S/C38H38Si.Zr/c1-7-27-23-31-11-9-13-33(29-19-15-25(3)16-20-29)35(31)37(27)39(5,6)38-28(8-2)24-32-12-10-14-34(36(32)38)30-21-17-26(4)18-22-30;/h9-24H,7-8H2,1-6H3;/q-2;+2. The Hall–Kier alpha value is -2.80. The predicted molar refractivity (Wildman–Crippen MR) is 175 cm³/mol. The molecular weight excluding hydrogens is 576 g/mol. The fraction of sp³-hybridized carbons (Fsp3) is 0.211. The van der Waals surface area contributed by atoms with Crippen molar-refractivity contribution < 1.29 is 26.2 Å². The van der Waals surface area contributed by atoms with Crippen molar-refractivity contribution in [1.82, 2.24) is 0 Å². The van der Waals surface area contributed by atoms with Gasteiger partial charge in [-0.1, -0.05) is 110 Å². The van der Waals surface area contributed by atoms with Gasteiger partial charge in [0.2, 0.25) is 0 Å². The molecule has 0 bridgehead atoms. The average molecular weight is 614 g/mol. The molecule has 0 aliphatic rings. The normalized spacial score (nSPS) is 11.8. The van der Waals surface area contributed by atoms with Crippen LogP contribution in [0.2, 0.25) is 13.1 Å². The Balaban J connectivity index is 0.00000323. The van der Waals surface area contributed by atoms with Gasteiger partial charge in [-0.2, -0.15) is 10.4 Å². The Morgan fingerprint density at radius 3 is 1.27 bits per heavy atom. The van der Waals surface area contributed by atoms with E-state index in [0.29, 0.717) is 0 Å². The van der Waals surface area contributed by atoms with Gasteiger partial charge in [0.15, 0.2) is 0 Å². The molecule has 6 aromatic carbocycles. The fourth-order valence-corrected chi connectivity index (χ4v) is 11.0. The van der Waals surface area contributed by atoms with E-state index in [9.17, 15) is 0 Å². The number of hydrogen-bond donors (Lipinski definition) is 0. The van der Waals surface area contributed by atoms with E-state index in [2.05, 4.69) is 138 Å². The summed E-state index contributed by atoms with van der Waals surface area (Å²) >= 11 is 0. The molecule has 0 saturated heterocycles. The molecule has 0 saturated carbocycles. The molecule has 0 unspecified atom stereocenters. The topological polar surface area (TPSA) is 0 Å². The van der Waals surface area contributed by atoms with Crippen LogP contribution in [0.3, 0.4) is 0 Å². The summed E-state index contributed by atoms with van der Waals surface area (Å²) in [6.45, 7) is 14.2. The SMILES string of the molecule is CCc1[cH-]c2cccc(-c3ccc(C)cc3)c2c1[Si](C)(C)c1c(CC)[cH-]c2cccc(-c3ccc(C)cc3)c12.[Zr+2]. The minimum absolute atomic E-state index is 0. The molecule has 0 atom stereocenters. The Kier molecular flexibility index (Phi) is 8.06. The first-order chi connectivity index (χ1) is 18.8. The zero-order chi connectivity index (χ0) is 27.3. The number of benzene rings is 4. The summed E-state index contributed by atoms with van der Waals surface area (Å²) in [4.78, 5) is 0. The zero-order valence-corrected chi connectivity index (χ0v) is 28.1. The van der Waals surface area contributed by atoms with Crippen molar-refractivity contribution in [2.45, 2.75) is 53.6 Å². The van der Waals surface area contributed by atoms with Gasteiger partial charge in [-0.15, -0.1) is 69.1 Å². The Labute approximate surface area is 259 Å². The Bertz CT molecular complexity index is 1660. The van der Waals surface area contributed by atoms with Crippen LogP contribution in [0.15, 0.2) is 97.1 Å². The first-order valence-electron chi connectivity index (χ1n) is 14.4. The summed E-state index contributed by atoms with van der Waals surface area (Å²) in [5, 5.41) is 8.95. The average Bonchev–Trinajstić information content (AvgIpc) is 3.53. The largest absolute Gasteiger partial charge is 2.00 e. The number of fused-ring (bicyclic) bond motifs is 2. The molecule has 6 rings (SSSR count). The third kappa shape index (κ3) is 4.74. The Morgan fingerprint density at radius 2 is 0.925 bits per heavy atom. The molecule has 0 nitrogen and oxygen atoms in total. The summed E-state index contributed by atoms with van der Waals surface area (Å²) in [6.07, 6.45) is 2.11.